The van der Waals surface area contributed by atoms with Gasteiger partial charge in [0.15, 0.2) is 0 Å². The first-order chi connectivity index (χ1) is 8.75. The number of hydrogen-bond acceptors (Lipinski definition) is 2. The summed E-state index contributed by atoms with van der Waals surface area (Å²) in [7, 11) is 0. The van der Waals surface area contributed by atoms with E-state index in [4.69, 9.17) is 11.6 Å². The van der Waals surface area contributed by atoms with Crippen LogP contribution >= 0.6 is 11.6 Å². The molecule has 0 amide bonds. The fourth-order valence-corrected chi connectivity index (χ4v) is 2.22. The minimum atomic E-state index is 0.264. The highest BCUT2D eigenvalue weighted by Gasteiger charge is 2.08. The lowest BCUT2D eigenvalue weighted by Crippen LogP contribution is -1.85. The summed E-state index contributed by atoms with van der Waals surface area (Å²) in [6, 6.07) is 16.7. The zero-order valence-corrected chi connectivity index (χ0v) is 10.2. The van der Waals surface area contributed by atoms with E-state index >= 15 is 0 Å². The minimum Gasteiger partial charge on any atom is -0.507 e. The van der Waals surface area contributed by atoms with E-state index < -0.39 is 0 Å². The molecule has 0 aliphatic heterocycles. The fourth-order valence-electron chi connectivity index (χ4n) is 2.07. The Morgan fingerprint density at radius 3 is 2.44 bits per heavy atom. The number of phenols is 1. The van der Waals surface area contributed by atoms with Crippen molar-refractivity contribution < 1.29 is 5.11 Å². The summed E-state index contributed by atoms with van der Waals surface area (Å²) in [5.41, 5.74) is 2.57. The van der Waals surface area contributed by atoms with Gasteiger partial charge in [-0.25, -0.2) is 4.98 Å². The van der Waals surface area contributed by atoms with E-state index in [1.807, 2.05) is 36.4 Å². The van der Waals surface area contributed by atoms with Gasteiger partial charge in [0.05, 0.1) is 5.52 Å². The number of nitrogens with zero attached hydrogens (tertiary/aromatic N) is 1. The number of hydrogen-bond donors (Lipinski definition) is 1. The van der Waals surface area contributed by atoms with Crippen molar-refractivity contribution in [3.05, 3.63) is 59.8 Å². The van der Waals surface area contributed by atoms with Gasteiger partial charge in [0.2, 0.25) is 0 Å². The van der Waals surface area contributed by atoms with E-state index in [1.165, 1.54) is 0 Å². The van der Waals surface area contributed by atoms with Crippen molar-refractivity contribution in [2.45, 2.75) is 0 Å². The highest BCUT2D eigenvalue weighted by molar-refractivity contribution is 6.29. The number of rotatable bonds is 1. The molecule has 0 radical (unpaired) electrons. The van der Waals surface area contributed by atoms with Crippen LogP contribution < -0.4 is 0 Å². The Labute approximate surface area is 109 Å². The maximum absolute atomic E-state index is 9.93. The van der Waals surface area contributed by atoms with E-state index in [-0.39, 0.29) is 5.75 Å². The number of pyridine rings is 1. The molecule has 3 aromatic rings. The molecule has 0 saturated carbocycles. The standard InChI is InChI=1S/C15H10ClNO/c16-15-9-8-11-10(5-3-6-13(11)17-15)12-4-1-2-7-14(12)18/h1-9,18H. The van der Waals surface area contributed by atoms with Crippen molar-refractivity contribution in [2.75, 3.05) is 0 Å². The Hall–Kier alpha value is -2.06. The van der Waals surface area contributed by atoms with Crippen LogP contribution in [-0.2, 0) is 0 Å². The number of halogens is 1. The number of phenolic OH excluding ortho intramolecular Hbond substituents is 1. The third-order valence-electron chi connectivity index (χ3n) is 2.89. The van der Waals surface area contributed by atoms with Crippen LogP contribution in [0.1, 0.15) is 0 Å². The van der Waals surface area contributed by atoms with Gasteiger partial charge in [-0.05, 0) is 29.8 Å². The molecule has 0 aliphatic rings. The van der Waals surface area contributed by atoms with Crippen molar-refractivity contribution in [3.8, 4) is 16.9 Å². The fraction of sp³-hybridized carbons (Fsp3) is 0. The van der Waals surface area contributed by atoms with Crippen LogP contribution in [0.5, 0.6) is 5.75 Å². The minimum absolute atomic E-state index is 0.264. The highest BCUT2D eigenvalue weighted by atomic mass is 35.5. The molecular formula is C15H10ClNO. The predicted octanol–water partition coefficient (Wildman–Crippen LogP) is 4.26. The van der Waals surface area contributed by atoms with Crippen molar-refractivity contribution in [1.29, 1.82) is 0 Å². The smallest absolute Gasteiger partial charge is 0.129 e. The summed E-state index contributed by atoms with van der Waals surface area (Å²) < 4.78 is 0. The maximum atomic E-state index is 9.93. The first kappa shape index (κ1) is 11.1. The summed E-state index contributed by atoms with van der Waals surface area (Å²) in [6.07, 6.45) is 0. The zero-order chi connectivity index (χ0) is 12.5. The number of para-hydroxylation sites is 1. The Balaban J connectivity index is 2.33. The van der Waals surface area contributed by atoms with Gasteiger partial charge in [-0.2, -0.15) is 0 Å². The zero-order valence-electron chi connectivity index (χ0n) is 9.47. The third kappa shape index (κ3) is 1.81. The van der Waals surface area contributed by atoms with Crippen LogP contribution in [0, 0.1) is 0 Å². The molecule has 2 aromatic carbocycles. The second kappa shape index (κ2) is 4.31. The summed E-state index contributed by atoms with van der Waals surface area (Å²) >= 11 is 5.89. The molecule has 88 valence electrons. The first-order valence-electron chi connectivity index (χ1n) is 5.59. The van der Waals surface area contributed by atoms with Gasteiger partial charge >= 0.3 is 0 Å². The van der Waals surface area contributed by atoms with Crippen molar-refractivity contribution in [2.24, 2.45) is 0 Å². The molecule has 0 bridgehead atoms. The normalized spacial score (nSPS) is 10.7. The van der Waals surface area contributed by atoms with Gasteiger partial charge in [0.25, 0.3) is 0 Å². The Morgan fingerprint density at radius 2 is 1.61 bits per heavy atom. The molecule has 3 heteroatoms. The summed E-state index contributed by atoms with van der Waals surface area (Å²) in [5.74, 6) is 0.264. The second-order valence-electron chi connectivity index (χ2n) is 4.02. The molecule has 1 aromatic heterocycles. The van der Waals surface area contributed by atoms with Crippen LogP contribution in [-0.4, -0.2) is 10.1 Å². The van der Waals surface area contributed by atoms with Gasteiger partial charge in [0, 0.05) is 10.9 Å². The average Bonchev–Trinajstić information content (AvgIpc) is 2.38. The topological polar surface area (TPSA) is 33.1 Å². The number of aromatic nitrogens is 1. The molecule has 0 aliphatic carbocycles. The SMILES string of the molecule is Oc1ccccc1-c1cccc2nc(Cl)ccc12. The number of aromatic hydroxyl groups is 1. The lowest BCUT2D eigenvalue weighted by atomic mass is 10.00. The molecule has 18 heavy (non-hydrogen) atoms. The van der Waals surface area contributed by atoms with Gasteiger partial charge in [-0.1, -0.05) is 41.9 Å². The summed E-state index contributed by atoms with van der Waals surface area (Å²) in [5, 5.41) is 11.4. The van der Waals surface area contributed by atoms with Gasteiger partial charge < -0.3 is 5.11 Å². The first-order valence-corrected chi connectivity index (χ1v) is 5.97. The molecule has 0 unspecified atom stereocenters. The van der Waals surface area contributed by atoms with Crippen LogP contribution in [0.25, 0.3) is 22.0 Å². The van der Waals surface area contributed by atoms with Gasteiger partial charge in [-0.15, -0.1) is 0 Å². The summed E-state index contributed by atoms with van der Waals surface area (Å²) in [4.78, 5) is 4.28. The number of benzene rings is 2. The molecular weight excluding hydrogens is 246 g/mol. The Morgan fingerprint density at radius 1 is 0.833 bits per heavy atom. The molecule has 0 saturated heterocycles. The molecule has 2 nitrogen and oxygen atoms in total. The van der Waals surface area contributed by atoms with Crippen LogP contribution in [0.2, 0.25) is 5.15 Å². The highest BCUT2D eigenvalue weighted by Crippen LogP contribution is 2.33. The Bertz CT molecular complexity index is 725. The quantitative estimate of drug-likeness (QED) is 0.659. The lowest BCUT2D eigenvalue weighted by Gasteiger charge is -2.08. The second-order valence-corrected chi connectivity index (χ2v) is 4.41. The number of fused-ring (bicyclic) bond motifs is 1. The molecule has 3 rings (SSSR count). The summed E-state index contributed by atoms with van der Waals surface area (Å²) in [6.45, 7) is 0. The van der Waals surface area contributed by atoms with E-state index in [9.17, 15) is 5.11 Å². The van der Waals surface area contributed by atoms with Crippen molar-refractivity contribution in [1.82, 2.24) is 4.98 Å². The van der Waals surface area contributed by atoms with E-state index in [1.54, 1.807) is 18.2 Å². The molecule has 1 N–H and O–H groups in total. The lowest BCUT2D eigenvalue weighted by molar-refractivity contribution is 0.477. The van der Waals surface area contributed by atoms with E-state index in [2.05, 4.69) is 4.98 Å². The monoisotopic (exact) mass is 255 g/mol. The van der Waals surface area contributed by atoms with Crippen LogP contribution in [0.15, 0.2) is 54.6 Å². The predicted molar refractivity (Wildman–Crippen MR) is 73.9 cm³/mol. The molecule has 0 atom stereocenters. The van der Waals surface area contributed by atoms with Crippen LogP contribution in [0.4, 0.5) is 0 Å². The van der Waals surface area contributed by atoms with E-state index in [0.717, 1.165) is 22.0 Å². The third-order valence-corrected chi connectivity index (χ3v) is 3.10. The van der Waals surface area contributed by atoms with Crippen molar-refractivity contribution >= 4 is 22.5 Å². The molecule has 0 spiro atoms. The van der Waals surface area contributed by atoms with Gasteiger partial charge in [0.1, 0.15) is 10.9 Å². The maximum Gasteiger partial charge on any atom is 0.129 e. The Kier molecular flexibility index (Phi) is 2.65. The molecule has 0 fully saturated rings. The molecule has 1 heterocycles. The average molecular weight is 256 g/mol. The largest absolute Gasteiger partial charge is 0.507 e. The van der Waals surface area contributed by atoms with Crippen molar-refractivity contribution in [3.63, 3.8) is 0 Å². The van der Waals surface area contributed by atoms with Gasteiger partial charge in [-0.3, -0.25) is 0 Å². The van der Waals surface area contributed by atoms with E-state index in [0.29, 0.717) is 5.15 Å². The van der Waals surface area contributed by atoms with Crippen LogP contribution in [0.3, 0.4) is 0 Å².